The molecule has 1 aliphatic carbocycles. The molecule has 7 heteroatoms. The number of nitrogens with one attached hydrogen (secondary N) is 2. The summed E-state index contributed by atoms with van der Waals surface area (Å²) in [6, 6.07) is 3.39. The van der Waals surface area contributed by atoms with Crippen molar-refractivity contribution in [3.63, 3.8) is 0 Å². The zero-order valence-electron chi connectivity index (χ0n) is 14.3. The summed E-state index contributed by atoms with van der Waals surface area (Å²) in [5, 5.41) is 0. The van der Waals surface area contributed by atoms with Crippen molar-refractivity contribution in [3.05, 3.63) is 40.5 Å². The van der Waals surface area contributed by atoms with Gasteiger partial charge in [0.1, 0.15) is 16.5 Å². The van der Waals surface area contributed by atoms with Crippen LogP contribution in [0.1, 0.15) is 41.2 Å². The van der Waals surface area contributed by atoms with Gasteiger partial charge in [-0.15, -0.1) is 0 Å². The molecule has 2 N–H and O–H groups in total. The van der Waals surface area contributed by atoms with E-state index in [0.717, 1.165) is 48.2 Å². The van der Waals surface area contributed by atoms with E-state index in [-0.39, 0.29) is 11.4 Å². The summed E-state index contributed by atoms with van der Waals surface area (Å²) in [5.74, 6) is 1.01. The largest absolute Gasteiger partial charge is 0.495 e. The van der Waals surface area contributed by atoms with Gasteiger partial charge < -0.3 is 9.72 Å². The number of sulfonamides is 1. The van der Waals surface area contributed by atoms with Gasteiger partial charge in [0.15, 0.2) is 0 Å². The second kappa shape index (κ2) is 6.57. The number of benzene rings is 1. The summed E-state index contributed by atoms with van der Waals surface area (Å²) >= 11 is 0. The van der Waals surface area contributed by atoms with Crippen molar-refractivity contribution in [1.29, 1.82) is 0 Å². The number of aromatic amines is 1. The van der Waals surface area contributed by atoms with Crippen molar-refractivity contribution in [1.82, 2.24) is 14.7 Å². The summed E-state index contributed by atoms with van der Waals surface area (Å²) in [7, 11) is -2.20. The summed E-state index contributed by atoms with van der Waals surface area (Å²) in [4.78, 5) is 7.90. The summed E-state index contributed by atoms with van der Waals surface area (Å²) in [6.07, 6.45) is 4.24. The number of hydrogen-bond donors (Lipinski definition) is 2. The molecule has 130 valence electrons. The monoisotopic (exact) mass is 349 g/mol. The molecule has 0 radical (unpaired) electrons. The molecule has 1 aliphatic rings. The molecule has 3 rings (SSSR count). The van der Waals surface area contributed by atoms with Crippen LogP contribution in [0.2, 0.25) is 0 Å². The molecular weight excluding hydrogens is 326 g/mol. The number of rotatable bonds is 5. The van der Waals surface area contributed by atoms with Crippen LogP contribution in [0.4, 0.5) is 0 Å². The minimum Gasteiger partial charge on any atom is -0.495 e. The van der Waals surface area contributed by atoms with E-state index in [9.17, 15) is 8.42 Å². The lowest BCUT2D eigenvalue weighted by molar-refractivity contribution is 0.401. The van der Waals surface area contributed by atoms with Crippen molar-refractivity contribution in [2.45, 2.75) is 51.0 Å². The van der Waals surface area contributed by atoms with Crippen molar-refractivity contribution in [2.75, 3.05) is 7.11 Å². The normalized spacial score (nSPS) is 14.5. The Bertz CT molecular complexity index is 833. The highest BCUT2D eigenvalue weighted by Crippen LogP contribution is 2.27. The Labute approximate surface area is 142 Å². The van der Waals surface area contributed by atoms with Crippen molar-refractivity contribution < 1.29 is 13.2 Å². The van der Waals surface area contributed by atoms with Crippen LogP contribution in [-0.4, -0.2) is 25.5 Å². The van der Waals surface area contributed by atoms with Crippen LogP contribution >= 0.6 is 0 Å². The molecular formula is C17H23N3O3S. The quantitative estimate of drug-likeness (QED) is 0.868. The third kappa shape index (κ3) is 3.32. The lowest BCUT2D eigenvalue weighted by atomic mass is 10.0. The second-order valence-electron chi connectivity index (χ2n) is 6.23. The average Bonchev–Trinajstić information content (AvgIpc) is 2.98. The van der Waals surface area contributed by atoms with Crippen LogP contribution in [-0.2, 0) is 29.4 Å². The molecule has 6 nitrogen and oxygen atoms in total. The first-order valence-electron chi connectivity index (χ1n) is 8.12. The Morgan fingerprint density at radius 2 is 1.92 bits per heavy atom. The predicted molar refractivity (Wildman–Crippen MR) is 91.7 cm³/mol. The Morgan fingerprint density at radius 3 is 2.62 bits per heavy atom. The molecule has 0 bridgehead atoms. The van der Waals surface area contributed by atoms with E-state index in [2.05, 4.69) is 14.7 Å². The number of H-pyrrole nitrogens is 1. The molecule has 1 aromatic heterocycles. The maximum Gasteiger partial charge on any atom is 0.244 e. The van der Waals surface area contributed by atoms with Crippen LogP contribution < -0.4 is 9.46 Å². The zero-order chi connectivity index (χ0) is 17.3. The van der Waals surface area contributed by atoms with Gasteiger partial charge in [-0.2, -0.15) is 0 Å². The predicted octanol–water partition coefficient (Wildman–Crippen LogP) is 2.39. The van der Waals surface area contributed by atoms with Gasteiger partial charge in [0.2, 0.25) is 10.0 Å². The van der Waals surface area contributed by atoms with Crippen LogP contribution in [0, 0.1) is 13.8 Å². The topological polar surface area (TPSA) is 84.1 Å². The summed E-state index contributed by atoms with van der Waals surface area (Å²) < 4.78 is 33.2. The number of methoxy groups -OCH3 is 1. The van der Waals surface area contributed by atoms with Crippen LogP contribution in [0.15, 0.2) is 17.0 Å². The lowest BCUT2D eigenvalue weighted by Gasteiger charge is -2.12. The van der Waals surface area contributed by atoms with E-state index in [4.69, 9.17) is 4.74 Å². The molecule has 0 saturated heterocycles. The molecule has 0 aliphatic heterocycles. The third-order valence-electron chi connectivity index (χ3n) is 4.50. The standard InChI is InChI=1S/C17H23N3O3S/c1-11-8-15(23-3)16(9-12(11)2)24(21,22)18-10-17-19-13-6-4-5-7-14(13)20-17/h8-9,18H,4-7,10H2,1-3H3,(H,19,20). The van der Waals surface area contributed by atoms with Crippen molar-refractivity contribution in [2.24, 2.45) is 0 Å². The van der Waals surface area contributed by atoms with Gasteiger partial charge in [-0.05, 0) is 62.8 Å². The van der Waals surface area contributed by atoms with Gasteiger partial charge in [0.25, 0.3) is 0 Å². The average molecular weight is 349 g/mol. The molecule has 2 aromatic rings. The fourth-order valence-corrected chi connectivity index (χ4v) is 4.19. The van der Waals surface area contributed by atoms with Crippen LogP contribution in [0.5, 0.6) is 5.75 Å². The first kappa shape index (κ1) is 17.0. The fraction of sp³-hybridized carbons (Fsp3) is 0.471. The zero-order valence-corrected chi connectivity index (χ0v) is 15.1. The number of aryl methyl sites for hydroxylation is 4. The second-order valence-corrected chi connectivity index (χ2v) is 7.96. The molecule has 0 fully saturated rings. The van der Waals surface area contributed by atoms with E-state index >= 15 is 0 Å². The number of imidazole rings is 1. The number of aromatic nitrogens is 2. The van der Waals surface area contributed by atoms with Gasteiger partial charge in [-0.3, -0.25) is 0 Å². The maximum absolute atomic E-state index is 12.7. The van der Waals surface area contributed by atoms with E-state index in [1.165, 1.54) is 7.11 Å². The molecule has 24 heavy (non-hydrogen) atoms. The van der Waals surface area contributed by atoms with E-state index < -0.39 is 10.0 Å². The Kier molecular flexibility index (Phi) is 4.64. The molecule has 0 amide bonds. The van der Waals surface area contributed by atoms with Crippen LogP contribution in [0.25, 0.3) is 0 Å². The summed E-state index contributed by atoms with van der Waals surface area (Å²) in [6.45, 7) is 3.95. The minimum atomic E-state index is -3.68. The summed E-state index contributed by atoms with van der Waals surface area (Å²) in [5.41, 5.74) is 4.10. The Balaban J connectivity index is 1.81. The van der Waals surface area contributed by atoms with Gasteiger partial charge in [-0.25, -0.2) is 18.1 Å². The van der Waals surface area contributed by atoms with E-state index in [1.54, 1.807) is 12.1 Å². The number of hydrogen-bond acceptors (Lipinski definition) is 4. The Hall–Kier alpha value is -1.86. The fourth-order valence-electron chi connectivity index (χ4n) is 2.97. The number of fused-ring (bicyclic) bond motifs is 1. The van der Waals surface area contributed by atoms with Gasteiger partial charge in [0.05, 0.1) is 19.3 Å². The van der Waals surface area contributed by atoms with Gasteiger partial charge >= 0.3 is 0 Å². The van der Waals surface area contributed by atoms with Gasteiger partial charge in [0, 0.05) is 5.69 Å². The first-order chi connectivity index (χ1) is 11.4. The molecule has 0 unspecified atom stereocenters. The highest BCUT2D eigenvalue weighted by atomic mass is 32.2. The highest BCUT2D eigenvalue weighted by molar-refractivity contribution is 7.89. The highest BCUT2D eigenvalue weighted by Gasteiger charge is 2.22. The van der Waals surface area contributed by atoms with Crippen molar-refractivity contribution in [3.8, 4) is 5.75 Å². The van der Waals surface area contributed by atoms with E-state index in [1.807, 2.05) is 13.8 Å². The molecule has 0 saturated carbocycles. The number of nitrogens with zero attached hydrogens (tertiary/aromatic N) is 1. The SMILES string of the molecule is COc1cc(C)c(C)cc1S(=O)(=O)NCc1nc2c([nH]1)CCCC2. The van der Waals surface area contributed by atoms with Gasteiger partial charge in [-0.1, -0.05) is 0 Å². The third-order valence-corrected chi connectivity index (χ3v) is 5.93. The molecule has 1 aromatic carbocycles. The smallest absolute Gasteiger partial charge is 0.244 e. The Morgan fingerprint density at radius 1 is 1.21 bits per heavy atom. The number of ether oxygens (including phenoxy) is 1. The first-order valence-corrected chi connectivity index (χ1v) is 9.60. The minimum absolute atomic E-state index is 0.144. The molecule has 0 atom stereocenters. The molecule has 1 heterocycles. The van der Waals surface area contributed by atoms with E-state index in [0.29, 0.717) is 11.6 Å². The van der Waals surface area contributed by atoms with Crippen LogP contribution in [0.3, 0.4) is 0 Å². The maximum atomic E-state index is 12.7. The van der Waals surface area contributed by atoms with Crippen molar-refractivity contribution >= 4 is 10.0 Å². The molecule has 0 spiro atoms. The lowest BCUT2D eigenvalue weighted by Crippen LogP contribution is -2.24.